The lowest BCUT2D eigenvalue weighted by Gasteiger charge is -2.14. The number of hydrogen-bond donors (Lipinski definition) is 0. The lowest BCUT2D eigenvalue weighted by Crippen LogP contribution is -2.27. The van der Waals surface area contributed by atoms with Crippen LogP contribution in [0.5, 0.6) is 17.2 Å². The molecule has 3 aromatic rings. The summed E-state index contributed by atoms with van der Waals surface area (Å²) in [6.45, 7) is 0.420. The molecule has 3 aromatic carbocycles. The number of amides is 1. The standard InChI is InChI=1S/C25H20BrNO4S2/c1-29-20-10-8-19(9-11-20)27-24(28)23(33-25(27)32)14-17-5-12-21(22(13-17)30-2)31-15-16-3-6-18(26)7-4-16/h3-14H,15H2,1-2H3/b23-14-. The number of thioether (sulfide) groups is 1. The van der Waals surface area contributed by atoms with Gasteiger partial charge in [-0.05, 0) is 65.7 Å². The highest BCUT2D eigenvalue weighted by atomic mass is 79.9. The predicted octanol–water partition coefficient (Wildman–Crippen LogP) is 6.45. The molecule has 33 heavy (non-hydrogen) atoms. The van der Waals surface area contributed by atoms with E-state index in [1.54, 1.807) is 26.4 Å². The summed E-state index contributed by atoms with van der Waals surface area (Å²) in [5.74, 6) is 1.77. The van der Waals surface area contributed by atoms with E-state index in [1.165, 1.54) is 16.7 Å². The van der Waals surface area contributed by atoms with Crippen LogP contribution in [0.4, 0.5) is 5.69 Å². The Morgan fingerprint density at radius 1 is 0.970 bits per heavy atom. The molecule has 0 aromatic heterocycles. The van der Waals surface area contributed by atoms with Crippen LogP contribution in [0.15, 0.2) is 76.1 Å². The summed E-state index contributed by atoms with van der Waals surface area (Å²) in [6.07, 6.45) is 1.81. The fourth-order valence-corrected chi connectivity index (χ4v) is 4.77. The topological polar surface area (TPSA) is 48.0 Å². The minimum absolute atomic E-state index is 0.162. The smallest absolute Gasteiger partial charge is 0.270 e. The Morgan fingerprint density at radius 2 is 1.70 bits per heavy atom. The Morgan fingerprint density at radius 3 is 2.36 bits per heavy atom. The van der Waals surface area contributed by atoms with Crippen molar-refractivity contribution in [1.82, 2.24) is 0 Å². The molecule has 0 spiro atoms. The first kappa shape index (κ1) is 23.4. The number of carbonyl (C=O) groups excluding carboxylic acids is 1. The largest absolute Gasteiger partial charge is 0.497 e. The molecule has 168 valence electrons. The summed E-state index contributed by atoms with van der Waals surface area (Å²) in [7, 11) is 3.19. The lowest BCUT2D eigenvalue weighted by atomic mass is 10.1. The van der Waals surface area contributed by atoms with Gasteiger partial charge in [0.15, 0.2) is 15.8 Å². The molecular formula is C25H20BrNO4S2. The van der Waals surface area contributed by atoms with Gasteiger partial charge in [0.1, 0.15) is 12.4 Å². The van der Waals surface area contributed by atoms with Crippen LogP contribution in [0.25, 0.3) is 6.08 Å². The summed E-state index contributed by atoms with van der Waals surface area (Å²) in [5.41, 5.74) is 2.57. The second-order valence-electron chi connectivity index (χ2n) is 7.04. The summed E-state index contributed by atoms with van der Waals surface area (Å²) in [4.78, 5) is 15.1. The lowest BCUT2D eigenvalue weighted by molar-refractivity contribution is -0.113. The molecule has 0 unspecified atom stereocenters. The first-order valence-electron chi connectivity index (χ1n) is 9.96. The van der Waals surface area contributed by atoms with Gasteiger partial charge >= 0.3 is 0 Å². The number of methoxy groups -OCH3 is 2. The number of ether oxygens (including phenoxy) is 3. The molecule has 0 saturated carbocycles. The van der Waals surface area contributed by atoms with Crippen molar-refractivity contribution in [3.05, 3.63) is 87.2 Å². The monoisotopic (exact) mass is 541 g/mol. The maximum atomic E-state index is 13.0. The quantitative estimate of drug-likeness (QED) is 0.253. The van der Waals surface area contributed by atoms with Gasteiger partial charge in [-0.15, -0.1) is 0 Å². The third-order valence-electron chi connectivity index (χ3n) is 4.92. The molecule has 1 aliphatic heterocycles. The fourth-order valence-electron chi connectivity index (χ4n) is 3.21. The van der Waals surface area contributed by atoms with Crippen LogP contribution in [0.3, 0.4) is 0 Å². The van der Waals surface area contributed by atoms with E-state index < -0.39 is 0 Å². The average molecular weight is 542 g/mol. The maximum Gasteiger partial charge on any atom is 0.270 e. The van der Waals surface area contributed by atoms with Gasteiger partial charge in [0.05, 0.1) is 24.8 Å². The molecule has 0 radical (unpaired) electrons. The van der Waals surface area contributed by atoms with Crippen molar-refractivity contribution in [3.63, 3.8) is 0 Å². The van der Waals surface area contributed by atoms with E-state index in [-0.39, 0.29) is 5.91 Å². The van der Waals surface area contributed by atoms with E-state index in [1.807, 2.05) is 60.7 Å². The van der Waals surface area contributed by atoms with Gasteiger partial charge in [-0.3, -0.25) is 9.69 Å². The minimum Gasteiger partial charge on any atom is -0.497 e. The highest BCUT2D eigenvalue weighted by molar-refractivity contribution is 9.10. The molecule has 1 saturated heterocycles. The molecule has 0 bridgehead atoms. The summed E-state index contributed by atoms with van der Waals surface area (Å²) >= 11 is 10.2. The van der Waals surface area contributed by atoms with Crippen LogP contribution in [-0.2, 0) is 11.4 Å². The molecule has 1 aliphatic rings. The maximum absolute atomic E-state index is 13.0. The molecule has 8 heteroatoms. The summed E-state index contributed by atoms with van der Waals surface area (Å²) in [5, 5.41) is 0. The van der Waals surface area contributed by atoms with Crippen LogP contribution in [0.1, 0.15) is 11.1 Å². The van der Waals surface area contributed by atoms with E-state index in [9.17, 15) is 4.79 Å². The van der Waals surface area contributed by atoms with Crippen molar-refractivity contribution in [2.75, 3.05) is 19.1 Å². The van der Waals surface area contributed by atoms with Gasteiger partial charge in [-0.2, -0.15) is 0 Å². The van der Waals surface area contributed by atoms with Crippen molar-refractivity contribution < 1.29 is 19.0 Å². The highest BCUT2D eigenvalue weighted by Gasteiger charge is 2.33. The number of hydrogen-bond acceptors (Lipinski definition) is 6. The van der Waals surface area contributed by atoms with E-state index in [0.29, 0.717) is 38.8 Å². The number of rotatable bonds is 7. The Labute approximate surface area is 210 Å². The van der Waals surface area contributed by atoms with Gasteiger partial charge in [0.25, 0.3) is 5.91 Å². The fraction of sp³-hybridized carbons (Fsp3) is 0.120. The Kier molecular flexibility index (Phi) is 7.37. The summed E-state index contributed by atoms with van der Waals surface area (Å²) < 4.78 is 18.1. The molecule has 1 amide bonds. The predicted molar refractivity (Wildman–Crippen MR) is 140 cm³/mol. The zero-order chi connectivity index (χ0) is 23.4. The van der Waals surface area contributed by atoms with Crippen molar-refractivity contribution in [3.8, 4) is 17.2 Å². The first-order valence-corrected chi connectivity index (χ1v) is 12.0. The van der Waals surface area contributed by atoms with E-state index in [0.717, 1.165) is 15.6 Å². The third-order valence-corrected chi connectivity index (χ3v) is 6.75. The van der Waals surface area contributed by atoms with Gasteiger partial charge in [-0.25, -0.2) is 0 Å². The van der Waals surface area contributed by atoms with E-state index in [4.69, 9.17) is 26.4 Å². The molecular weight excluding hydrogens is 522 g/mol. The minimum atomic E-state index is -0.162. The Hall–Kier alpha value is -2.81. The van der Waals surface area contributed by atoms with Gasteiger partial charge in [-0.1, -0.05) is 58.1 Å². The number of anilines is 1. The third kappa shape index (κ3) is 5.40. The number of halogens is 1. The van der Waals surface area contributed by atoms with Crippen LogP contribution < -0.4 is 19.1 Å². The molecule has 1 fully saturated rings. The van der Waals surface area contributed by atoms with Crippen molar-refractivity contribution in [2.45, 2.75) is 6.61 Å². The average Bonchev–Trinajstić information content (AvgIpc) is 3.11. The van der Waals surface area contributed by atoms with Crippen LogP contribution in [0, 0.1) is 0 Å². The number of benzene rings is 3. The number of nitrogens with zero attached hydrogens (tertiary/aromatic N) is 1. The molecule has 0 atom stereocenters. The molecule has 1 heterocycles. The molecule has 0 N–H and O–H groups in total. The number of carbonyl (C=O) groups is 1. The second kappa shape index (κ2) is 10.4. The molecule has 4 rings (SSSR count). The summed E-state index contributed by atoms with van der Waals surface area (Å²) in [6, 6.07) is 20.7. The van der Waals surface area contributed by atoms with Crippen molar-refractivity contribution in [2.24, 2.45) is 0 Å². The van der Waals surface area contributed by atoms with Gasteiger partial charge in [0.2, 0.25) is 0 Å². The Balaban J connectivity index is 1.51. The normalized spacial score (nSPS) is 14.6. The van der Waals surface area contributed by atoms with Crippen LogP contribution in [0.2, 0.25) is 0 Å². The van der Waals surface area contributed by atoms with Crippen molar-refractivity contribution >= 4 is 61.9 Å². The molecule has 0 aliphatic carbocycles. The van der Waals surface area contributed by atoms with E-state index in [2.05, 4.69) is 15.9 Å². The second-order valence-corrected chi connectivity index (χ2v) is 9.63. The zero-order valence-electron chi connectivity index (χ0n) is 17.9. The van der Waals surface area contributed by atoms with Crippen LogP contribution in [-0.4, -0.2) is 24.4 Å². The SMILES string of the molecule is COc1ccc(N2C(=O)/C(=C/c3ccc(OCc4ccc(Br)cc4)c(OC)c3)SC2=S)cc1. The zero-order valence-corrected chi connectivity index (χ0v) is 21.1. The van der Waals surface area contributed by atoms with Gasteiger partial charge in [0, 0.05) is 4.47 Å². The number of thiocarbonyl (C=S) groups is 1. The van der Waals surface area contributed by atoms with Crippen LogP contribution >= 0.6 is 39.9 Å². The first-order chi connectivity index (χ1) is 16.0. The van der Waals surface area contributed by atoms with Gasteiger partial charge < -0.3 is 14.2 Å². The Bertz CT molecular complexity index is 1210. The van der Waals surface area contributed by atoms with Crippen molar-refractivity contribution in [1.29, 1.82) is 0 Å². The van der Waals surface area contributed by atoms with E-state index >= 15 is 0 Å². The highest BCUT2D eigenvalue weighted by Crippen LogP contribution is 2.37. The molecule has 5 nitrogen and oxygen atoms in total.